The molecule has 1 aromatic carbocycles. The molecule has 0 unspecified atom stereocenters. The summed E-state index contributed by atoms with van der Waals surface area (Å²) in [5.41, 5.74) is 0.582. The van der Waals surface area contributed by atoms with E-state index in [2.05, 4.69) is 20.4 Å². The second-order valence-electron chi connectivity index (χ2n) is 4.46. The van der Waals surface area contributed by atoms with Crippen LogP contribution in [0.15, 0.2) is 30.5 Å². The van der Waals surface area contributed by atoms with Gasteiger partial charge in [0.1, 0.15) is 12.3 Å². The number of sulfonamides is 1. The molecule has 0 aliphatic rings. The van der Waals surface area contributed by atoms with E-state index in [-0.39, 0.29) is 18.3 Å². The Bertz CT molecular complexity index is 771. The lowest BCUT2D eigenvalue weighted by Gasteiger charge is -2.06. The van der Waals surface area contributed by atoms with Crippen molar-refractivity contribution in [3.05, 3.63) is 30.5 Å². The maximum Gasteiger partial charge on any atom is 0.246 e. The lowest BCUT2D eigenvalue weighted by atomic mass is 10.3. The molecule has 0 spiro atoms. The summed E-state index contributed by atoms with van der Waals surface area (Å²) in [4.78, 5) is 11.9. The van der Waals surface area contributed by atoms with Crippen LogP contribution >= 0.6 is 0 Å². The zero-order valence-corrected chi connectivity index (χ0v) is 12.8. The predicted octanol–water partition coefficient (Wildman–Crippen LogP) is 0.297. The van der Waals surface area contributed by atoms with E-state index in [9.17, 15) is 13.2 Å². The van der Waals surface area contributed by atoms with Crippen LogP contribution in [-0.4, -0.2) is 42.7 Å². The molecule has 10 heteroatoms. The fourth-order valence-electron chi connectivity index (χ4n) is 1.66. The highest BCUT2D eigenvalue weighted by molar-refractivity contribution is 7.92. The number of hydrogen-bond acceptors (Lipinski definition) is 6. The van der Waals surface area contributed by atoms with E-state index in [1.807, 2.05) is 0 Å². The number of nitrogens with zero attached hydrogens (tertiary/aromatic N) is 3. The Morgan fingerprint density at radius 3 is 2.86 bits per heavy atom. The molecular formula is C12H15N5O4S. The number of hydrogen-bond donors (Lipinski definition) is 2. The first-order valence-corrected chi connectivity index (χ1v) is 8.07. The Balaban J connectivity index is 1.97. The largest absolute Gasteiger partial charge is 0.497 e. The number of benzene rings is 1. The highest BCUT2D eigenvalue weighted by Gasteiger charge is 2.09. The number of ether oxygens (including phenoxy) is 1. The third-order valence-corrected chi connectivity index (χ3v) is 3.07. The molecule has 2 N–H and O–H groups in total. The minimum Gasteiger partial charge on any atom is -0.497 e. The quantitative estimate of drug-likeness (QED) is 0.789. The first kappa shape index (κ1) is 15.8. The number of aromatic nitrogens is 3. The van der Waals surface area contributed by atoms with E-state index in [4.69, 9.17) is 4.74 Å². The van der Waals surface area contributed by atoms with Gasteiger partial charge in [0.25, 0.3) is 0 Å². The molecule has 22 heavy (non-hydrogen) atoms. The van der Waals surface area contributed by atoms with Crippen LogP contribution in [0.25, 0.3) is 0 Å². The highest BCUT2D eigenvalue weighted by Crippen LogP contribution is 2.16. The van der Waals surface area contributed by atoms with Gasteiger partial charge < -0.3 is 10.1 Å². The van der Waals surface area contributed by atoms with E-state index in [1.54, 1.807) is 24.3 Å². The van der Waals surface area contributed by atoms with Gasteiger partial charge in [-0.15, -0.1) is 5.10 Å². The Hall–Kier alpha value is -2.62. The van der Waals surface area contributed by atoms with E-state index >= 15 is 0 Å². The summed E-state index contributed by atoms with van der Waals surface area (Å²) < 4.78 is 30.6. The Morgan fingerprint density at radius 1 is 1.41 bits per heavy atom. The molecule has 0 aliphatic heterocycles. The van der Waals surface area contributed by atoms with E-state index < -0.39 is 10.0 Å². The van der Waals surface area contributed by atoms with Crippen LogP contribution in [0.5, 0.6) is 5.75 Å². The van der Waals surface area contributed by atoms with Gasteiger partial charge in [-0.1, -0.05) is 11.3 Å². The normalized spacial score (nSPS) is 11.0. The van der Waals surface area contributed by atoms with Gasteiger partial charge in [0.15, 0.2) is 5.82 Å². The number of carbonyl (C=O) groups is 1. The smallest absolute Gasteiger partial charge is 0.246 e. The summed E-state index contributed by atoms with van der Waals surface area (Å²) in [6.45, 7) is -0.102. The topological polar surface area (TPSA) is 115 Å². The molecule has 0 saturated carbocycles. The van der Waals surface area contributed by atoms with Crippen molar-refractivity contribution in [2.75, 3.05) is 23.4 Å². The second-order valence-corrected chi connectivity index (χ2v) is 6.20. The van der Waals surface area contributed by atoms with Gasteiger partial charge in [-0.2, -0.15) is 0 Å². The molecule has 2 aromatic rings. The molecule has 1 heterocycles. The van der Waals surface area contributed by atoms with Crippen LogP contribution in [0, 0.1) is 0 Å². The summed E-state index contributed by atoms with van der Waals surface area (Å²) in [5, 5.41) is 9.96. The first-order chi connectivity index (χ1) is 10.4. The maximum atomic E-state index is 11.9. The molecule has 0 saturated heterocycles. The Morgan fingerprint density at radius 2 is 2.18 bits per heavy atom. The molecule has 1 aromatic heterocycles. The number of carbonyl (C=O) groups excluding carboxylic acids is 1. The average molecular weight is 325 g/mol. The van der Waals surface area contributed by atoms with E-state index in [1.165, 1.54) is 18.0 Å². The zero-order valence-electron chi connectivity index (χ0n) is 12.0. The minimum absolute atomic E-state index is 0.0525. The summed E-state index contributed by atoms with van der Waals surface area (Å²) in [6, 6.07) is 6.91. The Kier molecular flexibility index (Phi) is 4.61. The zero-order chi connectivity index (χ0) is 16.2. The van der Waals surface area contributed by atoms with Crippen molar-refractivity contribution in [1.82, 2.24) is 15.0 Å². The van der Waals surface area contributed by atoms with Crippen molar-refractivity contribution in [3.63, 3.8) is 0 Å². The second kappa shape index (κ2) is 6.43. The molecular weight excluding hydrogens is 310 g/mol. The summed E-state index contributed by atoms with van der Waals surface area (Å²) in [7, 11) is -1.89. The summed E-state index contributed by atoms with van der Waals surface area (Å²) in [5.74, 6) is 0.346. The van der Waals surface area contributed by atoms with Crippen molar-refractivity contribution in [2.24, 2.45) is 0 Å². The van der Waals surface area contributed by atoms with Gasteiger partial charge in [0, 0.05) is 11.8 Å². The number of methoxy groups -OCH3 is 1. The van der Waals surface area contributed by atoms with Gasteiger partial charge in [0.05, 0.1) is 19.6 Å². The highest BCUT2D eigenvalue weighted by atomic mass is 32.2. The molecule has 118 valence electrons. The fourth-order valence-corrected chi connectivity index (χ4v) is 2.13. The minimum atomic E-state index is -3.43. The summed E-state index contributed by atoms with van der Waals surface area (Å²) >= 11 is 0. The van der Waals surface area contributed by atoms with E-state index in [0.717, 1.165) is 6.26 Å². The van der Waals surface area contributed by atoms with Crippen molar-refractivity contribution in [3.8, 4) is 5.75 Å². The van der Waals surface area contributed by atoms with Gasteiger partial charge in [-0.25, -0.2) is 13.1 Å². The Labute approximate surface area is 127 Å². The molecule has 0 fully saturated rings. The third kappa shape index (κ3) is 4.74. The van der Waals surface area contributed by atoms with Crippen molar-refractivity contribution in [1.29, 1.82) is 0 Å². The van der Waals surface area contributed by atoms with Crippen LogP contribution in [0.4, 0.5) is 11.5 Å². The molecule has 2 rings (SSSR count). The van der Waals surface area contributed by atoms with Crippen molar-refractivity contribution in [2.45, 2.75) is 6.54 Å². The predicted molar refractivity (Wildman–Crippen MR) is 80.1 cm³/mol. The lowest BCUT2D eigenvalue weighted by Crippen LogP contribution is -2.19. The maximum absolute atomic E-state index is 11.9. The average Bonchev–Trinajstić information content (AvgIpc) is 2.83. The molecule has 0 aliphatic carbocycles. The molecule has 1 amide bonds. The molecule has 0 atom stereocenters. The van der Waals surface area contributed by atoms with Crippen molar-refractivity contribution >= 4 is 27.4 Å². The number of anilines is 2. The van der Waals surface area contributed by atoms with Gasteiger partial charge in [-0.05, 0) is 12.1 Å². The lowest BCUT2D eigenvalue weighted by molar-refractivity contribution is -0.116. The third-order valence-electron chi connectivity index (χ3n) is 2.49. The SMILES string of the molecule is COc1cccc(NC(=O)Cn2cc(NS(C)(=O)=O)nn2)c1. The summed E-state index contributed by atoms with van der Waals surface area (Å²) in [6.07, 6.45) is 2.33. The van der Waals surface area contributed by atoms with Gasteiger partial charge in [-0.3, -0.25) is 9.52 Å². The van der Waals surface area contributed by atoms with Crippen LogP contribution in [0.1, 0.15) is 0 Å². The van der Waals surface area contributed by atoms with Crippen LogP contribution in [0.2, 0.25) is 0 Å². The van der Waals surface area contributed by atoms with Gasteiger partial charge >= 0.3 is 0 Å². The first-order valence-electron chi connectivity index (χ1n) is 6.17. The van der Waals surface area contributed by atoms with E-state index in [0.29, 0.717) is 11.4 Å². The van der Waals surface area contributed by atoms with Crippen LogP contribution in [0.3, 0.4) is 0 Å². The number of amides is 1. The fraction of sp³-hybridized carbons (Fsp3) is 0.250. The number of rotatable bonds is 6. The van der Waals surface area contributed by atoms with Crippen LogP contribution < -0.4 is 14.8 Å². The monoisotopic (exact) mass is 325 g/mol. The number of nitrogens with one attached hydrogen (secondary N) is 2. The molecule has 0 bridgehead atoms. The standard InChI is InChI=1S/C12H15N5O4S/c1-21-10-5-3-4-9(6-10)13-12(18)8-17-7-11(14-16-17)15-22(2,19)20/h3-7,15H,8H2,1-2H3,(H,13,18). The van der Waals surface area contributed by atoms with Crippen LogP contribution in [-0.2, 0) is 21.4 Å². The molecule has 9 nitrogen and oxygen atoms in total. The molecule has 0 radical (unpaired) electrons. The van der Waals surface area contributed by atoms with Gasteiger partial charge in [0.2, 0.25) is 15.9 Å². The van der Waals surface area contributed by atoms with Crippen molar-refractivity contribution < 1.29 is 17.9 Å².